The Kier molecular flexibility index (Phi) is 8.62. The molecule has 2 N–H and O–H groups in total. The number of nitrogens with one attached hydrogen (secondary N) is 2. The fourth-order valence-electron chi connectivity index (χ4n) is 3.40. The Labute approximate surface area is 206 Å². The number of carbonyl (C=O) groups is 2. The summed E-state index contributed by atoms with van der Waals surface area (Å²) in [5.41, 5.74) is 1.90. The van der Waals surface area contributed by atoms with Gasteiger partial charge in [0.2, 0.25) is 10.0 Å². The van der Waals surface area contributed by atoms with E-state index in [1.54, 1.807) is 62.4 Å². The zero-order chi connectivity index (χ0) is 25.4. The molecule has 0 aliphatic rings. The smallest absolute Gasteiger partial charge is 0.255 e. The molecule has 0 unspecified atom stereocenters. The Balaban J connectivity index is 1.62. The van der Waals surface area contributed by atoms with Gasteiger partial charge in [-0.3, -0.25) is 9.59 Å². The lowest BCUT2D eigenvalue weighted by Crippen LogP contribution is -2.30. The van der Waals surface area contributed by atoms with Gasteiger partial charge in [-0.2, -0.15) is 4.31 Å². The van der Waals surface area contributed by atoms with Crippen LogP contribution in [0.3, 0.4) is 0 Å². The molecule has 3 aromatic rings. The molecule has 0 atom stereocenters. The first-order chi connectivity index (χ1) is 16.8. The zero-order valence-corrected chi connectivity index (χ0v) is 20.8. The molecule has 0 aliphatic heterocycles. The van der Waals surface area contributed by atoms with E-state index in [9.17, 15) is 18.0 Å². The second kappa shape index (κ2) is 11.6. The van der Waals surface area contributed by atoms with Crippen molar-refractivity contribution in [1.82, 2.24) is 4.31 Å². The van der Waals surface area contributed by atoms with E-state index in [2.05, 4.69) is 10.6 Å². The van der Waals surface area contributed by atoms with Gasteiger partial charge in [-0.15, -0.1) is 0 Å². The van der Waals surface area contributed by atoms with E-state index in [1.165, 1.54) is 28.6 Å². The van der Waals surface area contributed by atoms with Gasteiger partial charge in [-0.1, -0.05) is 13.8 Å². The first-order valence-corrected chi connectivity index (χ1v) is 12.8. The predicted molar refractivity (Wildman–Crippen MR) is 137 cm³/mol. The molecule has 0 saturated heterocycles. The second-order valence-corrected chi connectivity index (χ2v) is 9.49. The van der Waals surface area contributed by atoms with Crippen molar-refractivity contribution in [3.63, 3.8) is 0 Å². The van der Waals surface area contributed by atoms with E-state index < -0.39 is 10.0 Å². The van der Waals surface area contributed by atoms with Gasteiger partial charge in [0, 0.05) is 35.6 Å². The van der Waals surface area contributed by atoms with Gasteiger partial charge in [-0.05, 0) is 79.7 Å². The molecule has 0 spiro atoms. The average Bonchev–Trinajstić information content (AvgIpc) is 2.86. The highest BCUT2D eigenvalue weighted by Gasteiger charge is 2.21. The molecule has 0 aliphatic carbocycles. The van der Waals surface area contributed by atoms with Crippen molar-refractivity contribution < 1.29 is 22.7 Å². The number of sulfonamides is 1. The van der Waals surface area contributed by atoms with Gasteiger partial charge in [-0.25, -0.2) is 8.42 Å². The molecule has 184 valence electrons. The highest BCUT2D eigenvalue weighted by molar-refractivity contribution is 7.89. The minimum absolute atomic E-state index is 0.139. The fourth-order valence-corrected chi connectivity index (χ4v) is 4.86. The van der Waals surface area contributed by atoms with Crippen LogP contribution in [0.2, 0.25) is 0 Å². The number of rotatable bonds is 10. The molecule has 35 heavy (non-hydrogen) atoms. The summed E-state index contributed by atoms with van der Waals surface area (Å²) in [6, 6.07) is 19.4. The normalized spacial score (nSPS) is 11.2. The van der Waals surface area contributed by atoms with Crippen LogP contribution in [0, 0.1) is 0 Å². The third kappa shape index (κ3) is 6.46. The van der Waals surface area contributed by atoms with Gasteiger partial charge in [0.05, 0.1) is 11.5 Å². The van der Waals surface area contributed by atoms with Crippen molar-refractivity contribution in [3.8, 4) is 5.75 Å². The Morgan fingerprint density at radius 1 is 0.714 bits per heavy atom. The Morgan fingerprint density at radius 3 is 1.57 bits per heavy atom. The lowest BCUT2D eigenvalue weighted by molar-refractivity contribution is 0.102. The maximum atomic E-state index is 12.6. The number of carbonyl (C=O) groups excluding carboxylic acids is 2. The summed E-state index contributed by atoms with van der Waals surface area (Å²) in [4.78, 5) is 25.2. The zero-order valence-electron chi connectivity index (χ0n) is 19.9. The fraction of sp³-hybridized carbons (Fsp3) is 0.231. The van der Waals surface area contributed by atoms with Gasteiger partial charge >= 0.3 is 0 Å². The van der Waals surface area contributed by atoms with E-state index in [4.69, 9.17) is 4.74 Å². The molecule has 0 aromatic heterocycles. The molecule has 3 aromatic carbocycles. The van der Waals surface area contributed by atoms with Crippen molar-refractivity contribution in [2.45, 2.75) is 25.7 Å². The van der Waals surface area contributed by atoms with Crippen LogP contribution < -0.4 is 15.4 Å². The summed E-state index contributed by atoms with van der Waals surface area (Å²) < 4.78 is 31.9. The Hall–Kier alpha value is -3.69. The summed E-state index contributed by atoms with van der Waals surface area (Å²) in [5, 5.41) is 5.56. The van der Waals surface area contributed by atoms with Crippen LogP contribution in [0.5, 0.6) is 5.75 Å². The van der Waals surface area contributed by atoms with Crippen LogP contribution in [0.15, 0.2) is 77.7 Å². The molecule has 8 nitrogen and oxygen atoms in total. The molecule has 0 fully saturated rings. The van der Waals surface area contributed by atoms with Crippen molar-refractivity contribution in [1.29, 1.82) is 0 Å². The topological polar surface area (TPSA) is 105 Å². The van der Waals surface area contributed by atoms with Crippen molar-refractivity contribution in [2.24, 2.45) is 0 Å². The van der Waals surface area contributed by atoms with E-state index in [1.807, 2.05) is 6.92 Å². The summed E-state index contributed by atoms with van der Waals surface area (Å²) in [6.07, 6.45) is 0. The third-order valence-corrected chi connectivity index (χ3v) is 7.35. The first-order valence-electron chi connectivity index (χ1n) is 11.3. The van der Waals surface area contributed by atoms with Crippen LogP contribution >= 0.6 is 0 Å². The molecule has 0 radical (unpaired) electrons. The minimum atomic E-state index is -3.59. The monoisotopic (exact) mass is 495 g/mol. The van der Waals surface area contributed by atoms with Crippen molar-refractivity contribution in [3.05, 3.63) is 83.9 Å². The summed E-state index contributed by atoms with van der Waals surface area (Å²) in [6.45, 7) is 6.76. The minimum Gasteiger partial charge on any atom is -0.494 e. The maximum absolute atomic E-state index is 12.6. The third-order valence-electron chi connectivity index (χ3n) is 5.29. The average molecular weight is 496 g/mol. The van der Waals surface area contributed by atoms with E-state index >= 15 is 0 Å². The molecule has 2 amide bonds. The number of anilines is 2. The van der Waals surface area contributed by atoms with Crippen LogP contribution in [0.1, 0.15) is 41.5 Å². The Morgan fingerprint density at radius 2 is 1.14 bits per heavy atom. The molecule has 0 heterocycles. The number of ether oxygens (including phenoxy) is 1. The van der Waals surface area contributed by atoms with Crippen LogP contribution in [-0.2, 0) is 10.0 Å². The van der Waals surface area contributed by atoms with E-state index in [0.29, 0.717) is 42.2 Å². The van der Waals surface area contributed by atoms with E-state index in [0.717, 1.165) is 5.75 Å². The molecule has 9 heteroatoms. The van der Waals surface area contributed by atoms with Crippen molar-refractivity contribution >= 4 is 33.2 Å². The highest BCUT2D eigenvalue weighted by atomic mass is 32.2. The van der Waals surface area contributed by atoms with Crippen LogP contribution in [-0.4, -0.2) is 44.2 Å². The lowest BCUT2D eigenvalue weighted by Gasteiger charge is -2.18. The highest BCUT2D eigenvalue weighted by Crippen LogP contribution is 2.19. The standard InChI is InChI=1S/C26H29N3O5S/c1-4-29(5-2)35(32,33)24-17-9-20(10-18-24)26(31)27-21-11-7-19(8-12-21)25(30)28-22-13-15-23(16-14-22)34-6-3/h7-18H,4-6H2,1-3H3,(H,27,31)(H,28,30). The van der Waals surface area contributed by atoms with E-state index in [-0.39, 0.29) is 16.7 Å². The summed E-state index contributed by atoms with van der Waals surface area (Å²) >= 11 is 0. The van der Waals surface area contributed by atoms with Gasteiger partial charge in [0.15, 0.2) is 0 Å². The molecule has 3 rings (SSSR count). The molecule has 0 bridgehead atoms. The van der Waals surface area contributed by atoms with Gasteiger partial charge in [0.1, 0.15) is 5.75 Å². The largest absolute Gasteiger partial charge is 0.494 e. The number of amides is 2. The first kappa shape index (κ1) is 25.9. The second-order valence-electron chi connectivity index (χ2n) is 7.56. The number of hydrogen-bond donors (Lipinski definition) is 2. The predicted octanol–water partition coefficient (Wildman–Crippen LogP) is 4.62. The van der Waals surface area contributed by atoms with Gasteiger partial charge < -0.3 is 15.4 Å². The number of hydrogen-bond acceptors (Lipinski definition) is 5. The molecular formula is C26H29N3O5S. The molecule has 0 saturated carbocycles. The van der Waals surface area contributed by atoms with Gasteiger partial charge in [0.25, 0.3) is 11.8 Å². The maximum Gasteiger partial charge on any atom is 0.255 e. The number of nitrogens with zero attached hydrogens (tertiary/aromatic N) is 1. The van der Waals surface area contributed by atoms with Crippen LogP contribution in [0.4, 0.5) is 11.4 Å². The Bertz CT molecular complexity index is 1250. The van der Waals surface area contributed by atoms with Crippen molar-refractivity contribution in [2.75, 3.05) is 30.3 Å². The quantitative estimate of drug-likeness (QED) is 0.427. The number of benzene rings is 3. The lowest BCUT2D eigenvalue weighted by atomic mass is 10.1. The van der Waals surface area contributed by atoms with Crippen LogP contribution in [0.25, 0.3) is 0 Å². The summed E-state index contributed by atoms with van der Waals surface area (Å²) in [5.74, 6) is 0.0613. The SMILES string of the molecule is CCOc1ccc(NC(=O)c2ccc(NC(=O)c3ccc(S(=O)(=O)N(CC)CC)cc3)cc2)cc1. The summed E-state index contributed by atoms with van der Waals surface area (Å²) in [7, 11) is -3.59. The molecular weight excluding hydrogens is 466 g/mol.